The second-order valence-corrected chi connectivity index (χ2v) is 6.96. The lowest BCUT2D eigenvalue weighted by atomic mass is 9.94. The standard InChI is InChI=1S/C16H24N2O4S/c1-20-16(4-7-21-8-5-16)12-17-15(19)18-6-9-22-13(11-18)14-3-2-10-23-14/h2-3,10,13H,4-9,11-12H2,1H3,(H,17,19)/t13-/m0/s1. The maximum absolute atomic E-state index is 12.5. The molecule has 23 heavy (non-hydrogen) atoms. The molecule has 2 fully saturated rings. The molecule has 1 atom stereocenters. The van der Waals surface area contributed by atoms with Crippen molar-refractivity contribution in [2.24, 2.45) is 0 Å². The highest BCUT2D eigenvalue weighted by Crippen LogP contribution is 2.26. The predicted octanol–water partition coefficient (Wildman–Crippen LogP) is 2.03. The first kappa shape index (κ1) is 16.7. The summed E-state index contributed by atoms with van der Waals surface area (Å²) in [6.07, 6.45) is 1.60. The van der Waals surface area contributed by atoms with Crippen molar-refractivity contribution in [3.05, 3.63) is 22.4 Å². The highest BCUT2D eigenvalue weighted by molar-refractivity contribution is 7.10. The van der Waals surface area contributed by atoms with Gasteiger partial charge in [-0.25, -0.2) is 4.79 Å². The fraction of sp³-hybridized carbons (Fsp3) is 0.688. The Morgan fingerprint density at radius 3 is 3.00 bits per heavy atom. The lowest BCUT2D eigenvalue weighted by Gasteiger charge is -2.37. The van der Waals surface area contributed by atoms with E-state index in [0.29, 0.717) is 39.5 Å². The number of carbonyl (C=O) groups excluding carboxylic acids is 1. The van der Waals surface area contributed by atoms with Crippen molar-refractivity contribution in [3.63, 3.8) is 0 Å². The van der Waals surface area contributed by atoms with Gasteiger partial charge in [0.15, 0.2) is 0 Å². The van der Waals surface area contributed by atoms with Crippen LogP contribution >= 0.6 is 11.3 Å². The molecule has 2 amide bonds. The molecule has 6 nitrogen and oxygen atoms in total. The van der Waals surface area contributed by atoms with E-state index in [2.05, 4.69) is 11.4 Å². The number of methoxy groups -OCH3 is 1. The maximum Gasteiger partial charge on any atom is 0.317 e. The molecule has 3 heterocycles. The van der Waals surface area contributed by atoms with E-state index in [9.17, 15) is 4.79 Å². The zero-order chi connectivity index (χ0) is 16.1. The Morgan fingerprint density at radius 2 is 2.30 bits per heavy atom. The number of amides is 2. The van der Waals surface area contributed by atoms with Gasteiger partial charge in [-0.1, -0.05) is 6.07 Å². The van der Waals surface area contributed by atoms with Crippen LogP contribution in [-0.2, 0) is 14.2 Å². The smallest absolute Gasteiger partial charge is 0.317 e. The van der Waals surface area contributed by atoms with Crippen LogP contribution in [-0.4, -0.2) is 63.1 Å². The summed E-state index contributed by atoms with van der Waals surface area (Å²) >= 11 is 1.66. The number of hydrogen-bond acceptors (Lipinski definition) is 5. The number of nitrogens with zero attached hydrogens (tertiary/aromatic N) is 1. The van der Waals surface area contributed by atoms with Gasteiger partial charge in [-0.05, 0) is 11.4 Å². The van der Waals surface area contributed by atoms with Gasteiger partial charge in [0.05, 0.1) is 18.8 Å². The molecule has 0 aromatic carbocycles. The van der Waals surface area contributed by atoms with Gasteiger partial charge in [-0.15, -0.1) is 11.3 Å². The predicted molar refractivity (Wildman–Crippen MR) is 87.8 cm³/mol. The second-order valence-electron chi connectivity index (χ2n) is 5.98. The minimum Gasteiger partial charge on any atom is -0.381 e. The van der Waals surface area contributed by atoms with Crippen molar-refractivity contribution in [3.8, 4) is 0 Å². The first-order valence-corrected chi connectivity index (χ1v) is 8.91. The molecule has 2 aliphatic heterocycles. The van der Waals surface area contributed by atoms with Gasteiger partial charge in [-0.2, -0.15) is 0 Å². The first-order chi connectivity index (χ1) is 11.2. The van der Waals surface area contributed by atoms with E-state index in [4.69, 9.17) is 14.2 Å². The fourth-order valence-electron chi connectivity index (χ4n) is 3.03. The Labute approximate surface area is 140 Å². The van der Waals surface area contributed by atoms with Crippen LogP contribution in [0.3, 0.4) is 0 Å². The van der Waals surface area contributed by atoms with Crippen LogP contribution < -0.4 is 5.32 Å². The number of carbonyl (C=O) groups is 1. The molecule has 0 unspecified atom stereocenters. The highest BCUT2D eigenvalue weighted by atomic mass is 32.1. The maximum atomic E-state index is 12.5. The van der Waals surface area contributed by atoms with Gasteiger partial charge in [0.25, 0.3) is 0 Å². The summed E-state index contributed by atoms with van der Waals surface area (Å²) in [5.41, 5.74) is -0.298. The SMILES string of the molecule is COC1(CNC(=O)N2CCO[C@H](c3cccs3)C2)CCOCC1. The zero-order valence-corrected chi connectivity index (χ0v) is 14.3. The third-order valence-corrected chi connectivity index (χ3v) is 5.58. The molecule has 3 rings (SSSR count). The van der Waals surface area contributed by atoms with Crippen LogP contribution in [0, 0.1) is 0 Å². The number of urea groups is 1. The third kappa shape index (κ3) is 4.03. The average molecular weight is 340 g/mol. The summed E-state index contributed by atoms with van der Waals surface area (Å²) in [5, 5.41) is 5.07. The van der Waals surface area contributed by atoms with Crippen LogP contribution in [0.4, 0.5) is 4.79 Å². The van der Waals surface area contributed by atoms with Gasteiger partial charge >= 0.3 is 6.03 Å². The molecule has 1 aromatic heterocycles. The van der Waals surface area contributed by atoms with E-state index in [1.165, 1.54) is 4.88 Å². The van der Waals surface area contributed by atoms with E-state index in [-0.39, 0.29) is 17.7 Å². The van der Waals surface area contributed by atoms with Gasteiger partial charge in [-0.3, -0.25) is 0 Å². The van der Waals surface area contributed by atoms with Crippen molar-refractivity contribution >= 4 is 17.4 Å². The molecule has 7 heteroatoms. The number of hydrogen-bond donors (Lipinski definition) is 1. The summed E-state index contributed by atoms with van der Waals surface area (Å²) in [7, 11) is 1.71. The molecule has 0 saturated carbocycles. The van der Waals surface area contributed by atoms with Gasteiger partial charge in [0.2, 0.25) is 0 Å². The topological polar surface area (TPSA) is 60.0 Å². The van der Waals surface area contributed by atoms with E-state index in [1.807, 2.05) is 16.3 Å². The van der Waals surface area contributed by atoms with Crippen LogP contribution in [0.15, 0.2) is 17.5 Å². The number of thiophene rings is 1. The second kappa shape index (κ2) is 7.61. The van der Waals surface area contributed by atoms with Crippen LogP contribution in [0.25, 0.3) is 0 Å². The van der Waals surface area contributed by atoms with Crippen LogP contribution in [0.5, 0.6) is 0 Å². The van der Waals surface area contributed by atoms with Crippen LogP contribution in [0.2, 0.25) is 0 Å². The minimum absolute atomic E-state index is 0.0195. The molecule has 0 spiro atoms. The van der Waals surface area contributed by atoms with E-state index >= 15 is 0 Å². The number of nitrogens with one attached hydrogen (secondary N) is 1. The quantitative estimate of drug-likeness (QED) is 0.911. The summed E-state index contributed by atoms with van der Waals surface area (Å²) in [4.78, 5) is 15.5. The zero-order valence-electron chi connectivity index (χ0n) is 13.5. The van der Waals surface area contributed by atoms with E-state index in [1.54, 1.807) is 18.4 Å². The lowest BCUT2D eigenvalue weighted by Crippen LogP contribution is -2.53. The highest BCUT2D eigenvalue weighted by Gasteiger charge is 2.34. The molecule has 128 valence electrons. The van der Waals surface area contributed by atoms with Gasteiger partial charge in [0.1, 0.15) is 6.10 Å². The molecule has 0 aliphatic carbocycles. The molecule has 0 bridgehead atoms. The molecule has 1 aromatic rings. The Hall–Kier alpha value is -1.15. The number of rotatable bonds is 4. The molecule has 0 radical (unpaired) electrons. The molecule has 1 N–H and O–H groups in total. The van der Waals surface area contributed by atoms with Crippen molar-refractivity contribution in [2.45, 2.75) is 24.5 Å². The van der Waals surface area contributed by atoms with Crippen molar-refractivity contribution < 1.29 is 19.0 Å². The minimum atomic E-state index is -0.298. The Kier molecular flexibility index (Phi) is 5.53. The summed E-state index contributed by atoms with van der Waals surface area (Å²) in [6.45, 7) is 3.67. The summed E-state index contributed by atoms with van der Waals surface area (Å²) in [6, 6.07) is 4.02. The molecular weight excluding hydrogens is 316 g/mol. The Bertz CT molecular complexity index is 502. The van der Waals surface area contributed by atoms with Gasteiger partial charge in [0, 0.05) is 51.1 Å². The number of morpholine rings is 1. The van der Waals surface area contributed by atoms with E-state index < -0.39 is 0 Å². The van der Waals surface area contributed by atoms with Gasteiger partial charge < -0.3 is 24.4 Å². The van der Waals surface area contributed by atoms with E-state index in [0.717, 1.165) is 12.8 Å². The Morgan fingerprint density at radius 1 is 1.48 bits per heavy atom. The fourth-order valence-corrected chi connectivity index (χ4v) is 3.79. The normalized spacial score (nSPS) is 24.4. The Balaban J connectivity index is 1.53. The van der Waals surface area contributed by atoms with Crippen molar-refractivity contribution in [1.82, 2.24) is 10.2 Å². The number of ether oxygens (including phenoxy) is 3. The summed E-state index contributed by atoms with van der Waals surface area (Å²) < 4.78 is 16.8. The third-order valence-electron chi connectivity index (χ3n) is 4.61. The lowest BCUT2D eigenvalue weighted by molar-refractivity contribution is -0.0869. The molecular formula is C16H24N2O4S. The molecule has 2 aliphatic rings. The average Bonchev–Trinajstić information content (AvgIpc) is 3.15. The monoisotopic (exact) mass is 340 g/mol. The van der Waals surface area contributed by atoms with Crippen LogP contribution in [0.1, 0.15) is 23.8 Å². The molecule has 2 saturated heterocycles. The first-order valence-electron chi connectivity index (χ1n) is 8.03. The largest absolute Gasteiger partial charge is 0.381 e. The summed E-state index contributed by atoms with van der Waals surface area (Å²) in [5.74, 6) is 0. The van der Waals surface area contributed by atoms with Crippen molar-refractivity contribution in [1.29, 1.82) is 0 Å². The van der Waals surface area contributed by atoms with Crippen molar-refractivity contribution in [2.75, 3.05) is 46.6 Å².